The zero-order chi connectivity index (χ0) is 19.3. The fraction of sp³-hybridized carbons (Fsp3) is 0.391. The second kappa shape index (κ2) is 8.57. The topological polar surface area (TPSA) is 61.4 Å². The highest BCUT2D eigenvalue weighted by Gasteiger charge is 2.31. The lowest BCUT2D eigenvalue weighted by Crippen LogP contribution is -2.43. The number of benzene rings is 2. The first-order valence-corrected chi connectivity index (χ1v) is 10.2. The van der Waals surface area contributed by atoms with Gasteiger partial charge in [-0.3, -0.25) is 9.59 Å². The molecule has 146 valence electrons. The molecular weight excluding hydrogens is 350 g/mol. The van der Waals surface area contributed by atoms with Crippen molar-refractivity contribution >= 4 is 11.8 Å². The van der Waals surface area contributed by atoms with E-state index in [-0.39, 0.29) is 23.8 Å². The van der Waals surface area contributed by atoms with Crippen LogP contribution in [0.4, 0.5) is 0 Å². The van der Waals surface area contributed by atoms with Gasteiger partial charge in [-0.05, 0) is 36.6 Å². The predicted molar refractivity (Wildman–Crippen MR) is 109 cm³/mol. The summed E-state index contributed by atoms with van der Waals surface area (Å²) in [5.41, 5.74) is 2.97. The highest BCUT2D eigenvalue weighted by molar-refractivity contribution is 5.97. The molecule has 1 saturated heterocycles. The van der Waals surface area contributed by atoms with Crippen molar-refractivity contribution < 1.29 is 9.59 Å². The monoisotopic (exact) mass is 377 g/mol. The standard InChI is InChI=1S/C23H27N3O2/c27-22-14-21(17-8-2-1-3-9-17)24-12-6-7-13-26-16-18(15-25-22)19-10-4-5-11-20(19)23(26)28/h1-5,8-11,18,21,24H,6-7,12-16H2,(H,25,27)/t18-,21?/m0/s1. The summed E-state index contributed by atoms with van der Waals surface area (Å²) in [5.74, 6) is 0.298. The first-order valence-electron chi connectivity index (χ1n) is 10.2. The van der Waals surface area contributed by atoms with Gasteiger partial charge in [0.25, 0.3) is 5.91 Å². The van der Waals surface area contributed by atoms with E-state index in [1.807, 2.05) is 47.4 Å². The Bertz CT molecular complexity index is 837. The number of amides is 2. The number of fused-ring (bicyclic) bond motifs is 4. The van der Waals surface area contributed by atoms with Gasteiger partial charge in [0.2, 0.25) is 5.91 Å². The zero-order valence-electron chi connectivity index (χ0n) is 16.1. The van der Waals surface area contributed by atoms with Crippen LogP contribution in [-0.2, 0) is 4.79 Å². The van der Waals surface area contributed by atoms with E-state index in [1.54, 1.807) is 0 Å². The van der Waals surface area contributed by atoms with E-state index in [1.165, 1.54) is 0 Å². The van der Waals surface area contributed by atoms with E-state index in [0.29, 0.717) is 19.5 Å². The van der Waals surface area contributed by atoms with E-state index >= 15 is 0 Å². The number of nitrogens with one attached hydrogen (secondary N) is 2. The fourth-order valence-electron chi connectivity index (χ4n) is 4.22. The molecule has 2 aliphatic rings. The number of nitrogens with zero attached hydrogens (tertiary/aromatic N) is 1. The third kappa shape index (κ3) is 4.09. The number of hydrogen-bond acceptors (Lipinski definition) is 3. The Balaban J connectivity index is 1.55. The van der Waals surface area contributed by atoms with Crippen molar-refractivity contribution in [1.29, 1.82) is 0 Å². The van der Waals surface area contributed by atoms with Crippen LogP contribution >= 0.6 is 0 Å². The molecule has 2 aromatic rings. The van der Waals surface area contributed by atoms with Crippen LogP contribution in [0, 0.1) is 0 Å². The molecule has 0 aliphatic carbocycles. The number of carbonyl (C=O) groups excluding carboxylic acids is 2. The average molecular weight is 377 g/mol. The van der Waals surface area contributed by atoms with E-state index in [9.17, 15) is 9.59 Å². The Morgan fingerprint density at radius 3 is 2.57 bits per heavy atom. The molecule has 4 rings (SSSR count). The Morgan fingerprint density at radius 1 is 0.929 bits per heavy atom. The van der Waals surface area contributed by atoms with Crippen LogP contribution in [0.3, 0.4) is 0 Å². The first-order chi connectivity index (χ1) is 13.7. The van der Waals surface area contributed by atoms with Gasteiger partial charge in [0.1, 0.15) is 0 Å². The Hall–Kier alpha value is -2.66. The SMILES string of the molecule is O=C1CC(c2ccccc2)NCCCCN2C[C@H](CN1)c1ccccc1C2=O. The van der Waals surface area contributed by atoms with Crippen LogP contribution in [0.2, 0.25) is 0 Å². The second-order valence-electron chi connectivity index (χ2n) is 7.67. The van der Waals surface area contributed by atoms with Gasteiger partial charge in [0.15, 0.2) is 0 Å². The molecular formula is C23H27N3O2. The van der Waals surface area contributed by atoms with Crippen molar-refractivity contribution in [2.75, 3.05) is 26.2 Å². The third-order valence-corrected chi connectivity index (χ3v) is 5.74. The van der Waals surface area contributed by atoms with Crippen LogP contribution in [0.25, 0.3) is 0 Å². The van der Waals surface area contributed by atoms with Crippen LogP contribution < -0.4 is 10.6 Å². The third-order valence-electron chi connectivity index (χ3n) is 5.74. The summed E-state index contributed by atoms with van der Waals surface area (Å²) in [4.78, 5) is 27.5. The molecule has 0 spiro atoms. The summed E-state index contributed by atoms with van der Waals surface area (Å²) in [5, 5.41) is 6.64. The minimum atomic E-state index is 0.00977. The first kappa shape index (κ1) is 18.7. The van der Waals surface area contributed by atoms with Crippen molar-refractivity contribution in [2.24, 2.45) is 0 Å². The predicted octanol–water partition coefficient (Wildman–Crippen LogP) is 2.86. The Kier molecular flexibility index (Phi) is 5.72. The summed E-state index contributed by atoms with van der Waals surface area (Å²) >= 11 is 0. The minimum absolute atomic E-state index is 0.00977. The molecule has 1 unspecified atom stereocenters. The van der Waals surface area contributed by atoms with E-state index in [4.69, 9.17) is 0 Å². The maximum Gasteiger partial charge on any atom is 0.254 e. The van der Waals surface area contributed by atoms with Gasteiger partial charge in [-0.1, -0.05) is 48.5 Å². The van der Waals surface area contributed by atoms with Gasteiger partial charge in [-0.25, -0.2) is 0 Å². The van der Waals surface area contributed by atoms with Crippen molar-refractivity contribution in [3.8, 4) is 0 Å². The normalized spacial score (nSPS) is 23.6. The lowest BCUT2D eigenvalue weighted by Gasteiger charge is -2.34. The highest BCUT2D eigenvalue weighted by Crippen LogP contribution is 2.28. The molecule has 2 bridgehead atoms. The molecule has 28 heavy (non-hydrogen) atoms. The maximum absolute atomic E-state index is 12.8. The van der Waals surface area contributed by atoms with Gasteiger partial charge in [0.05, 0.1) is 0 Å². The lowest BCUT2D eigenvalue weighted by atomic mass is 9.89. The minimum Gasteiger partial charge on any atom is -0.355 e. The summed E-state index contributed by atoms with van der Waals surface area (Å²) in [6.07, 6.45) is 2.35. The molecule has 2 N–H and O–H groups in total. The zero-order valence-corrected chi connectivity index (χ0v) is 16.1. The number of hydrogen-bond donors (Lipinski definition) is 2. The summed E-state index contributed by atoms with van der Waals surface area (Å²) < 4.78 is 0. The molecule has 2 amide bonds. The van der Waals surface area contributed by atoms with Crippen LogP contribution in [-0.4, -0.2) is 42.9 Å². The van der Waals surface area contributed by atoms with Crippen molar-refractivity contribution in [1.82, 2.24) is 15.5 Å². The maximum atomic E-state index is 12.8. The summed E-state index contributed by atoms with van der Waals surface area (Å²) in [6.45, 7) is 2.82. The second-order valence-corrected chi connectivity index (χ2v) is 7.67. The van der Waals surface area contributed by atoms with Gasteiger partial charge in [-0.15, -0.1) is 0 Å². The van der Waals surface area contributed by atoms with Gasteiger partial charge in [0, 0.05) is 43.6 Å². The molecule has 1 fully saturated rings. The quantitative estimate of drug-likeness (QED) is 0.803. The molecule has 5 heteroatoms. The molecule has 2 aromatic carbocycles. The van der Waals surface area contributed by atoms with Gasteiger partial charge < -0.3 is 15.5 Å². The van der Waals surface area contributed by atoms with E-state index < -0.39 is 0 Å². The Morgan fingerprint density at radius 2 is 1.71 bits per heavy atom. The molecule has 0 radical (unpaired) electrons. The smallest absolute Gasteiger partial charge is 0.254 e. The van der Waals surface area contributed by atoms with Gasteiger partial charge in [-0.2, -0.15) is 0 Å². The lowest BCUT2D eigenvalue weighted by molar-refractivity contribution is -0.121. The molecule has 2 heterocycles. The largest absolute Gasteiger partial charge is 0.355 e. The molecule has 2 atom stereocenters. The van der Waals surface area contributed by atoms with Crippen LogP contribution in [0.1, 0.15) is 52.7 Å². The summed E-state index contributed by atoms with van der Waals surface area (Å²) in [7, 11) is 0. The molecule has 5 nitrogen and oxygen atoms in total. The van der Waals surface area contributed by atoms with Gasteiger partial charge >= 0.3 is 0 Å². The van der Waals surface area contributed by atoms with Crippen molar-refractivity contribution in [2.45, 2.75) is 31.2 Å². The highest BCUT2D eigenvalue weighted by atomic mass is 16.2. The van der Waals surface area contributed by atoms with Crippen LogP contribution in [0.15, 0.2) is 54.6 Å². The van der Waals surface area contributed by atoms with E-state index in [0.717, 1.165) is 42.6 Å². The number of carbonyl (C=O) groups is 2. The van der Waals surface area contributed by atoms with E-state index in [2.05, 4.69) is 22.8 Å². The molecule has 2 aliphatic heterocycles. The van der Waals surface area contributed by atoms with Crippen molar-refractivity contribution in [3.05, 3.63) is 71.3 Å². The Labute approximate surface area is 166 Å². The average Bonchev–Trinajstić information content (AvgIpc) is 2.75. The number of rotatable bonds is 1. The molecule has 0 aromatic heterocycles. The molecule has 0 saturated carbocycles. The van der Waals surface area contributed by atoms with Crippen molar-refractivity contribution in [3.63, 3.8) is 0 Å². The fourth-order valence-corrected chi connectivity index (χ4v) is 4.22. The summed E-state index contributed by atoms with van der Waals surface area (Å²) in [6, 6.07) is 18.0. The van der Waals surface area contributed by atoms with Crippen LogP contribution in [0.5, 0.6) is 0 Å².